The number of benzene rings is 1. The second kappa shape index (κ2) is 8.85. The van der Waals surface area contributed by atoms with Crippen LogP contribution in [0.4, 0.5) is 17.6 Å². The van der Waals surface area contributed by atoms with Gasteiger partial charge < -0.3 is 15.4 Å². The first-order valence-corrected chi connectivity index (χ1v) is 9.42. The van der Waals surface area contributed by atoms with Crippen LogP contribution in [-0.4, -0.2) is 48.1 Å². The molecule has 1 aliphatic carbocycles. The summed E-state index contributed by atoms with van der Waals surface area (Å²) in [5, 5.41) is 18.0. The van der Waals surface area contributed by atoms with E-state index in [2.05, 4.69) is 11.7 Å². The van der Waals surface area contributed by atoms with Crippen molar-refractivity contribution in [1.29, 1.82) is 5.41 Å². The summed E-state index contributed by atoms with van der Waals surface area (Å²) in [6.45, 7) is 5.92. The van der Waals surface area contributed by atoms with Gasteiger partial charge in [0.15, 0.2) is 5.70 Å². The molecule has 2 rings (SSSR count). The molecule has 1 aromatic carbocycles. The molecule has 0 aliphatic heterocycles. The van der Waals surface area contributed by atoms with E-state index in [1.54, 1.807) is 0 Å². The first kappa shape index (κ1) is 24.0. The monoisotopic (exact) mass is 447 g/mol. The Balaban J connectivity index is 2.43. The summed E-state index contributed by atoms with van der Waals surface area (Å²) in [6, 6.07) is 2.17. The number of halogens is 5. The van der Waals surface area contributed by atoms with Gasteiger partial charge in [-0.3, -0.25) is 9.79 Å². The van der Waals surface area contributed by atoms with Crippen molar-refractivity contribution >= 4 is 30.4 Å². The van der Waals surface area contributed by atoms with E-state index in [1.807, 2.05) is 6.92 Å². The highest BCUT2D eigenvalue weighted by Crippen LogP contribution is 2.46. The van der Waals surface area contributed by atoms with Crippen LogP contribution in [0.5, 0.6) is 0 Å². The van der Waals surface area contributed by atoms with E-state index in [-0.39, 0.29) is 35.3 Å². The molecule has 1 aliphatic rings. The number of nitrogens with one attached hydrogen (secondary N) is 1. The van der Waals surface area contributed by atoms with Gasteiger partial charge in [0.25, 0.3) is 5.91 Å². The summed E-state index contributed by atoms with van der Waals surface area (Å²) >= 11 is 6.04. The minimum Gasteiger partial charge on any atom is -0.386 e. The van der Waals surface area contributed by atoms with E-state index in [4.69, 9.17) is 17.0 Å². The fourth-order valence-electron chi connectivity index (χ4n) is 3.22. The molecule has 164 valence electrons. The Hall–Kier alpha value is -2.26. The van der Waals surface area contributed by atoms with Crippen LogP contribution in [0, 0.1) is 23.6 Å². The topological polar surface area (TPSA) is 76.8 Å². The Kier molecular flexibility index (Phi) is 7.08. The third kappa shape index (κ3) is 5.46. The molecule has 10 heteroatoms. The molecule has 1 aromatic rings. The van der Waals surface area contributed by atoms with Crippen molar-refractivity contribution in [2.75, 3.05) is 13.1 Å². The molecule has 1 atom stereocenters. The lowest BCUT2D eigenvalue weighted by molar-refractivity contribution is -0.130. The zero-order valence-corrected chi connectivity index (χ0v) is 17.2. The number of carbonyl (C=O) groups excluding carboxylic acids is 1. The number of nitrogens with zero attached hydrogens (tertiary/aromatic N) is 2. The van der Waals surface area contributed by atoms with Gasteiger partial charge in [0, 0.05) is 23.3 Å². The van der Waals surface area contributed by atoms with Crippen molar-refractivity contribution < 1.29 is 27.5 Å². The predicted octanol–water partition coefficient (Wildman–Crippen LogP) is 4.62. The molecular formula is C20H22ClF4N3O2. The van der Waals surface area contributed by atoms with Gasteiger partial charge in [-0.2, -0.15) is 13.2 Å². The van der Waals surface area contributed by atoms with Crippen LogP contribution in [0.3, 0.4) is 0 Å². The summed E-state index contributed by atoms with van der Waals surface area (Å²) in [4.78, 5) is 16.9. The van der Waals surface area contributed by atoms with Crippen LogP contribution in [0.15, 0.2) is 28.4 Å². The number of aryl methyl sites for hydroxylation is 1. The number of allylic oxidation sites excluding steroid dienone is 1. The molecule has 2 N–H and O–H groups in total. The maximum absolute atomic E-state index is 13.5. The third-order valence-electron chi connectivity index (χ3n) is 5.05. The maximum Gasteiger partial charge on any atom is 0.434 e. The fourth-order valence-corrected chi connectivity index (χ4v) is 3.60. The lowest BCUT2D eigenvalue weighted by atomic mass is 10.0. The molecule has 0 heterocycles. The Bertz CT molecular complexity index is 872. The SMILES string of the molecule is C=N/C(=C(\C=N)C(=O)N(CC(O)c1c(C)cc(F)cc1Cl)CC1(C)CC1)C(F)(F)F. The third-order valence-corrected chi connectivity index (χ3v) is 5.36. The molecule has 0 bridgehead atoms. The van der Waals surface area contributed by atoms with E-state index >= 15 is 0 Å². The average molecular weight is 448 g/mol. The number of aliphatic hydroxyl groups excluding tert-OH is 1. The van der Waals surface area contributed by atoms with Gasteiger partial charge in [-0.05, 0) is 49.6 Å². The highest BCUT2D eigenvalue weighted by Gasteiger charge is 2.43. The first-order valence-electron chi connectivity index (χ1n) is 9.04. The second-order valence-electron chi connectivity index (χ2n) is 7.69. The molecule has 1 saturated carbocycles. The van der Waals surface area contributed by atoms with Gasteiger partial charge in [-0.25, -0.2) is 4.39 Å². The largest absolute Gasteiger partial charge is 0.434 e. The summed E-state index contributed by atoms with van der Waals surface area (Å²) in [5.74, 6) is -1.71. The summed E-state index contributed by atoms with van der Waals surface area (Å²) in [7, 11) is 0. The second-order valence-corrected chi connectivity index (χ2v) is 8.10. The summed E-state index contributed by atoms with van der Waals surface area (Å²) in [6.07, 6.45) is -4.54. The quantitative estimate of drug-likeness (QED) is 0.346. The number of hydrogen-bond acceptors (Lipinski definition) is 4. The van der Waals surface area contributed by atoms with Crippen molar-refractivity contribution in [1.82, 2.24) is 4.90 Å². The predicted molar refractivity (Wildman–Crippen MR) is 106 cm³/mol. The zero-order valence-electron chi connectivity index (χ0n) is 16.5. The van der Waals surface area contributed by atoms with Gasteiger partial charge in [0.05, 0.1) is 18.2 Å². The molecule has 1 amide bonds. The van der Waals surface area contributed by atoms with Crippen molar-refractivity contribution in [2.45, 2.75) is 39.0 Å². The standard InChI is InChI=1S/C20H22ClF4N3O2/c1-11-6-12(22)7-14(21)16(11)15(29)9-28(10-19(2)4-5-19)18(30)13(8-26)17(27-3)20(23,24)25/h6-8,15,26,29H,3-5,9-10H2,1-2H3/b17-13+,26-8?. The molecule has 0 aromatic heterocycles. The van der Waals surface area contributed by atoms with E-state index in [1.165, 1.54) is 6.92 Å². The highest BCUT2D eigenvalue weighted by atomic mass is 35.5. The van der Waals surface area contributed by atoms with Gasteiger partial charge in [0.2, 0.25) is 0 Å². The normalized spacial score (nSPS) is 17.1. The van der Waals surface area contributed by atoms with E-state index in [0.717, 1.165) is 29.9 Å². The van der Waals surface area contributed by atoms with Crippen molar-refractivity contribution in [3.63, 3.8) is 0 Å². The lowest BCUT2D eigenvalue weighted by Gasteiger charge is -2.29. The fraction of sp³-hybridized carbons (Fsp3) is 0.450. The van der Waals surface area contributed by atoms with E-state index in [9.17, 15) is 27.5 Å². The van der Waals surface area contributed by atoms with Crippen LogP contribution < -0.4 is 0 Å². The zero-order chi connectivity index (χ0) is 22.9. The first-order chi connectivity index (χ1) is 13.8. The van der Waals surface area contributed by atoms with Crippen LogP contribution in [0.1, 0.15) is 37.0 Å². The molecule has 5 nitrogen and oxygen atoms in total. The van der Waals surface area contributed by atoms with Crippen molar-refractivity contribution in [2.24, 2.45) is 10.4 Å². The van der Waals surface area contributed by atoms with E-state index < -0.39 is 35.3 Å². The van der Waals surface area contributed by atoms with Crippen LogP contribution >= 0.6 is 11.6 Å². The minimum absolute atomic E-state index is 0.0587. The summed E-state index contributed by atoms with van der Waals surface area (Å²) in [5.41, 5.74) is -2.33. The number of aliphatic hydroxyl groups is 1. The molecule has 1 unspecified atom stereocenters. The molecule has 1 fully saturated rings. The van der Waals surface area contributed by atoms with Crippen molar-refractivity contribution in [3.05, 3.63) is 45.4 Å². The van der Waals surface area contributed by atoms with Gasteiger partial charge >= 0.3 is 6.18 Å². The Morgan fingerprint density at radius 1 is 1.47 bits per heavy atom. The molecular weight excluding hydrogens is 426 g/mol. The smallest absolute Gasteiger partial charge is 0.386 e. The Morgan fingerprint density at radius 2 is 2.07 bits per heavy atom. The minimum atomic E-state index is -4.98. The highest BCUT2D eigenvalue weighted by molar-refractivity contribution is 6.31. The van der Waals surface area contributed by atoms with Gasteiger partial charge in [0.1, 0.15) is 5.82 Å². The van der Waals surface area contributed by atoms with Crippen molar-refractivity contribution in [3.8, 4) is 0 Å². The summed E-state index contributed by atoms with van der Waals surface area (Å²) < 4.78 is 53.2. The maximum atomic E-state index is 13.5. The number of alkyl halides is 3. The Morgan fingerprint density at radius 3 is 2.50 bits per heavy atom. The number of rotatable bonds is 8. The van der Waals surface area contributed by atoms with Gasteiger partial charge in [-0.1, -0.05) is 18.5 Å². The average Bonchev–Trinajstić information content (AvgIpc) is 3.33. The molecule has 0 radical (unpaired) electrons. The number of amides is 1. The van der Waals surface area contributed by atoms with E-state index in [0.29, 0.717) is 5.56 Å². The van der Waals surface area contributed by atoms with Crippen LogP contribution in [-0.2, 0) is 4.79 Å². The number of carbonyl (C=O) groups is 1. The van der Waals surface area contributed by atoms with Crippen LogP contribution in [0.2, 0.25) is 5.02 Å². The molecule has 0 saturated heterocycles. The number of aliphatic imine (C=N–C) groups is 1. The molecule has 30 heavy (non-hydrogen) atoms. The van der Waals surface area contributed by atoms with Crippen LogP contribution in [0.25, 0.3) is 0 Å². The van der Waals surface area contributed by atoms with Gasteiger partial charge in [-0.15, -0.1) is 0 Å². The Labute approximate surface area is 176 Å². The molecule has 0 spiro atoms. The number of hydrogen-bond donors (Lipinski definition) is 2. The lowest BCUT2D eigenvalue weighted by Crippen LogP contribution is -2.40.